The summed E-state index contributed by atoms with van der Waals surface area (Å²) in [6.45, 7) is 0. The average molecular weight is 482 g/mol. The van der Waals surface area contributed by atoms with Crippen LogP contribution in [0.5, 0.6) is 0 Å². The van der Waals surface area contributed by atoms with Crippen molar-refractivity contribution < 1.29 is 14.7 Å². The zero-order valence-electron chi connectivity index (χ0n) is 18.3. The van der Waals surface area contributed by atoms with Gasteiger partial charge in [0, 0.05) is 21.5 Å². The number of carboxylic acids is 1. The Kier molecular flexibility index (Phi) is 6.23. The van der Waals surface area contributed by atoms with Crippen LogP contribution in [0, 0.1) is 0 Å². The molecule has 0 atom stereocenters. The molecule has 1 aromatic heterocycles. The van der Waals surface area contributed by atoms with E-state index in [1.807, 2.05) is 54.6 Å². The Hall–Kier alpha value is -4.50. The van der Waals surface area contributed by atoms with Gasteiger partial charge in [-0.15, -0.1) is 16.9 Å². The molecule has 5 rings (SSSR count). The predicted octanol–water partition coefficient (Wildman–Crippen LogP) is 5.06. The quantitative estimate of drug-likeness (QED) is 0.313. The third kappa shape index (κ3) is 4.75. The maximum atomic E-state index is 13.0. The zero-order valence-corrected chi connectivity index (χ0v) is 19.1. The number of benzene rings is 4. The number of nitrogens with one attached hydrogen (secondary N) is 1. The highest BCUT2D eigenvalue weighted by molar-refractivity contribution is 7.98. The van der Waals surface area contributed by atoms with E-state index in [0.29, 0.717) is 27.8 Å². The number of rotatable bonds is 7. The Labute approximate surface area is 204 Å². The monoisotopic (exact) mass is 481 g/mol. The van der Waals surface area contributed by atoms with Gasteiger partial charge < -0.3 is 10.4 Å². The van der Waals surface area contributed by atoms with Crippen molar-refractivity contribution in [3.8, 4) is 5.69 Å². The van der Waals surface area contributed by atoms with E-state index in [4.69, 9.17) is 0 Å². The first kappa shape index (κ1) is 22.3. The number of nitrogens with zero attached hydrogens (tertiary/aromatic N) is 4. The molecule has 9 heteroatoms. The molecule has 0 aliphatic carbocycles. The Morgan fingerprint density at radius 3 is 2.29 bits per heavy atom. The molecule has 0 spiro atoms. The predicted molar refractivity (Wildman–Crippen MR) is 134 cm³/mol. The number of para-hydroxylation sites is 1. The Balaban J connectivity index is 1.29. The van der Waals surface area contributed by atoms with Crippen molar-refractivity contribution in [3.63, 3.8) is 0 Å². The molecule has 0 saturated heterocycles. The molecule has 35 heavy (non-hydrogen) atoms. The molecule has 0 aliphatic rings. The summed E-state index contributed by atoms with van der Waals surface area (Å²) in [5.74, 6) is -0.146. The van der Waals surface area contributed by atoms with Crippen LogP contribution in [0.15, 0.2) is 95.9 Å². The fourth-order valence-electron chi connectivity index (χ4n) is 3.75. The lowest BCUT2D eigenvalue weighted by Crippen LogP contribution is -2.13. The van der Waals surface area contributed by atoms with Crippen molar-refractivity contribution in [2.24, 2.45) is 0 Å². The normalized spacial score (nSPS) is 10.9. The molecule has 172 valence electrons. The van der Waals surface area contributed by atoms with Gasteiger partial charge in [0.2, 0.25) is 0 Å². The molecule has 1 heterocycles. The van der Waals surface area contributed by atoms with Gasteiger partial charge in [0.25, 0.3) is 5.91 Å². The number of hydrogen-bond acceptors (Lipinski definition) is 6. The lowest BCUT2D eigenvalue weighted by Gasteiger charge is -2.11. The van der Waals surface area contributed by atoms with Crippen LogP contribution in [0.2, 0.25) is 0 Å². The summed E-state index contributed by atoms with van der Waals surface area (Å²) in [5, 5.41) is 25.5. The van der Waals surface area contributed by atoms with E-state index in [1.165, 1.54) is 6.07 Å². The van der Waals surface area contributed by atoms with Gasteiger partial charge in [0.1, 0.15) is 0 Å². The minimum Gasteiger partial charge on any atom is -0.478 e. The van der Waals surface area contributed by atoms with Crippen molar-refractivity contribution >= 4 is 40.1 Å². The molecule has 4 aromatic carbocycles. The van der Waals surface area contributed by atoms with Gasteiger partial charge in [0.05, 0.1) is 17.0 Å². The van der Waals surface area contributed by atoms with E-state index in [-0.39, 0.29) is 11.5 Å². The highest BCUT2D eigenvalue weighted by Gasteiger charge is 2.17. The maximum absolute atomic E-state index is 13.0. The van der Waals surface area contributed by atoms with Gasteiger partial charge >= 0.3 is 5.97 Å². The molecule has 5 aromatic rings. The number of fused-ring (bicyclic) bond motifs is 1. The number of carboxylic acid groups (broad SMARTS) is 1. The van der Waals surface area contributed by atoms with Crippen LogP contribution < -0.4 is 5.32 Å². The minimum absolute atomic E-state index is 0.0952. The zero-order chi connectivity index (χ0) is 24.2. The van der Waals surface area contributed by atoms with E-state index < -0.39 is 5.97 Å². The number of aromatic carboxylic acids is 1. The lowest BCUT2D eigenvalue weighted by atomic mass is 9.98. The second kappa shape index (κ2) is 9.78. The molecule has 2 N–H and O–H groups in total. The summed E-state index contributed by atoms with van der Waals surface area (Å²) in [6, 6.07) is 27.2. The fourth-order valence-corrected chi connectivity index (χ4v) is 4.56. The van der Waals surface area contributed by atoms with Crippen molar-refractivity contribution in [3.05, 3.63) is 108 Å². The van der Waals surface area contributed by atoms with Crippen molar-refractivity contribution in [1.29, 1.82) is 0 Å². The molecule has 1 amide bonds. The van der Waals surface area contributed by atoms with E-state index in [2.05, 4.69) is 20.8 Å². The first-order valence-electron chi connectivity index (χ1n) is 10.7. The third-order valence-corrected chi connectivity index (χ3v) is 6.40. The SMILES string of the molecule is O=C(O)c1cccc2cccc(C(=O)Nc3ccc(SCc4nnnn4-c4ccccc4)cc3)c12. The topological polar surface area (TPSA) is 110 Å². The van der Waals surface area contributed by atoms with Gasteiger partial charge in [-0.3, -0.25) is 4.79 Å². The molecule has 0 aliphatic heterocycles. The molecular formula is C26H19N5O3S. The van der Waals surface area contributed by atoms with Crippen LogP contribution in [-0.2, 0) is 5.75 Å². The minimum atomic E-state index is -1.07. The second-order valence-electron chi connectivity index (χ2n) is 7.62. The van der Waals surface area contributed by atoms with E-state index in [1.54, 1.807) is 46.8 Å². The molecule has 0 unspecified atom stereocenters. The Bertz CT molecular complexity index is 1510. The second-order valence-corrected chi connectivity index (χ2v) is 8.67. The van der Waals surface area contributed by atoms with Gasteiger partial charge in [0.15, 0.2) is 5.82 Å². The number of tetrazole rings is 1. The van der Waals surface area contributed by atoms with Crippen molar-refractivity contribution in [2.75, 3.05) is 5.32 Å². The number of aromatic nitrogens is 4. The summed E-state index contributed by atoms with van der Waals surface area (Å²) < 4.78 is 1.71. The molecular weight excluding hydrogens is 462 g/mol. The third-order valence-electron chi connectivity index (χ3n) is 5.39. The summed E-state index contributed by atoms with van der Waals surface area (Å²) >= 11 is 1.58. The lowest BCUT2D eigenvalue weighted by molar-refractivity contribution is 0.0699. The van der Waals surface area contributed by atoms with E-state index in [0.717, 1.165) is 16.4 Å². The number of hydrogen-bond donors (Lipinski definition) is 2. The Morgan fingerprint density at radius 2 is 1.57 bits per heavy atom. The van der Waals surface area contributed by atoms with Crippen LogP contribution >= 0.6 is 11.8 Å². The standard InChI is InChI=1S/C26H19N5O3S/c32-25(21-10-4-6-17-7-5-11-22(24(17)21)26(33)34)27-18-12-14-20(15-13-18)35-16-23-28-29-30-31(23)19-8-2-1-3-9-19/h1-15H,16H2,(H,27,32)(H,33,34). The molecule has 0 radical (unpaired) electrons. The first-order valence-corrected chi connectivity index (χ1v) is 11.7. The van der Waals surface area contributed by atoms with Gasteiger partial charge in [-0.2, -0.15) is 4.68 Å². The van der Waals surface area contributed by atoms with Crippen LogP contribution in [0.1, 0.15) is 26.5 Å². The average Bonchev–Trinajstić information content (AvgIpc) is 3.36. The summed E-state index contributed by atoms with van der Waals surface area (Å²) in [6.07, 6.45) is 0. The van der Waals surface area contributed by atoms with E-state index in [9.17, 15) is 14.7 Å². The molecule has 0 saturated carbocycles. The number of amides is 1. The van der Waals surface area contributed by atoms with Gasteiger partial charge in [-0.1, -0.05) is 42.5 Å². The highest BCUT2D eigenvalue weighted by atomic mass is 32.2. The molecule has 0 bridgehead atoms. The number of carbonyl (C=O) groups excluding carboxylic acids is 1. The molecule has 0 fully saturated rings. The van der Waals surface area contributed by atoms with Gasteiger partial charge in [-0.25, -0.2) is 4.79 Å². The molecule has 8 nitrogen and oxygen atoms in total. The number of carbonyl (C=O) groups is 2. The van der Waals surface area contributed by atoms with Crippen LogP contribution in [0.3, 0.4) is 0 Å². The smallest absolute Gasteiger partial charge is 0.336 e. The van der Waals surface area contributed by atoms with Gasteiger partial charge in [-0.05, 0) is 64.3 Å². The largest absolute Gasteiger partial charge is 0.478 e. The van der Waals surface area contributed by atoms with Crippen LogP contribution in [0.25, 0.3) is 16.5 Å². The van der Waals surface area contributed by atoms with Crippen molar-refractivity contribution in [1.82, 2.24) is 20.2 Å². The Morgan fingerprint density at radius 1 is 0.857 bits per heavy atom. The van der Waals surface area contributed by atoms with Crippen LogP contribution in [0.4, 0.5) is 5.69 Å². The van der Waals surface area contributed by atoms with Crippen LogP contribution in [-0.4, -0.2) is 37.2 Å². The van der Waals surface area contributed by atoms with E-state index >= 15 is 0 Å². The summed E-state index contributed by atoms with van der Waals surface area (Å²) in [7, 11) is 0. The summed E-state index contributed by atoms with van der Waals surface area (Å²) in [5.41, 5.74) is 1.91. The summed E-state index contributed by atoms with van der Waals surface area (Å²) in [4.78, 5) is 25.7. The fraction of sp³-hybridized carbons (Fsp3) is 0.0385. The first-order chi connectivity index (χ1) is 17.1. The number of anilines is 1. The van der Waals surface area contributed by atoms with Crippen molar-refractivity contribution in [2.45, 2.75) is 10.6 Å². The maximum Gasteiger partial charge on any atom is 0.336 e. The number of thioether (sulfide) groups is 1. The highest BCUT2D eigenvalue weighted by Crippen LogP contribution is 2.26.